The topological polar surface area (TPSA) is 97.3 Å². The van der Waals surface area contributed by atoms with E-state index >= 15 is 4.39 Å². The third-order valence-electron chi connectivity index (χ3n) is 7.58. The van der Waals surface area contributed by atoms with Gasteiger partial charge in [-0.25, -0.2) is 4.39 Å². The summed E-state index contributed by atoms with van der Waals surface area (Å²) in [4.78, 5) is 26.7. The molecular formula is C24H27FN4O3. The van der Waals surface area contributed by atoms with Crippen LogP contribution in [0.2, 0.25) is 0 Å². The lowest BCUT2D eigenvalue weighted by molar-refractivity contribution is 0.384. The smallest absolute Gasteiger partial charge is 0.280 e. The van der Waals surface area contributed by atoms with Crippen LogP contribution in [0.5, 0.6) is 0 Å². The first kappa shape index (κ1) is 19.8. The highest BCUT2D eigenvalue weighted by atomic mass is 19.1. The zero-order chi connectivity index (χ0) is 22.2. The first-order chi connectivity index (χ1) is 15.3. The van der Waals surface area contributed by atoms with Crippen molar-refractivity contribution in [2.24, 2.45) is 11.7 Å². The van der Waals surface area contributed by atoms with Crippen LogP contribution in [0.4, 0.5) is 10.1 Å². The Labute approximate surface area is 184 Å². The third-order valence-corrected chi connectivity index (χ3v) is 7.58. The molecule has 2 saturated carbocycles. The summed E-state index contributed by atoms with van der Waals surface area (Å²) in [6, 6.07) is 4.63. The average Bonchev–Trinajstić information content (AvgIpc) is 3.63. The molecule has 0 spiro atoms. The number of aryl methyl sites for hydroxylation is 1. The van der Waals surface area contributed by atoms with Gasteiger partial charge in [0.1, 0.15) is 11.6 Å². The number of nitrogens with one attached hydrogen (secondary N) is 1. The van der Waals surface area contributed by atoms with Gasteiger partial charge in [-0.2, -0.15) is 5.16 Å². The van der Waals surface area contributed by atoms with Crippen molar-refractivity contribution in [3.63, 3.8) is 0 Å². The molecule has 0 amide bonds. The van der Waals surface area contributed by atoms with E-state index in [1.54, 1.807) is 12.1 Å². The Kier molecular flexibility index (Phi) is 4.21. The summed E-state index contributed by atoms with van der Waals surface area (Å²) in [6.07, 6.45) is 5.21. The number of hydrogen-bond acceptors (Lipinski definition) is 5. The number of benzene rings is 1. The van der Waals surface area contributed by atoms with E-state index in [1.807, 2.05) is 11.5 Å². The van der Waals surface area contributed by atoms with Crippen LogP contribution in [0, 0.1) is 18.7 Å². The fourth-order valence-electron chi connectivity index (χ4n) is 5.53. The van der Waals surface area contributed by atoms with E-state index in [-0.39, 0.29) is 34.9 Å². The van der Waals surface area contributed by atoms with Gasteiger partial charge in [-0.05, 0) is 62.1 Å². The van der Waals surface area contributed by atoms with Gasteiger partial charge in [0, 0.05) is 48.6 Å². The summed E-state index contributed by atoms with van der Waals surface area (Å²) in [5.74, 6) is 0.516. The number of hydrogen-bond donors (Lipinski definition) is 2. The van der Waals surface area contributed by atoms with Crippen molar-refractivity contribution >= 4 is 16.6 Å². The van der Waals surface area contributed by atoms with Crippen molar-refractivity contribution in [1.29, 1.82) is 0 Å². The maximum absolute atomic E-state index is 15.6. The Morgan fingerprint density at radius 2 is 2.00 bits per heavy atom. The molecule has 1 saturated heterocycles. The lowest BCUT2D eigenvalue weighted by Gasteiger charge is -2.26. The molecule has 3 aliphatic rings. The van der Waals surface area contributed by atoms with Crippen LogP contribution in [0.15, 0.2) is 32.3 Å². The fourth-order valence-corrected chi connectivity index (χ4v) is 5.53. The number of aromatic amines is 1. The molecule has 8 heteroatoms. The number of pyridine rings is 1. The molecule has 1 aromatic carbocycles. The number of fused-ring (bicyclic) bond motifs is 1. The highest BCUT2D eigenvalue weighted by molar-refractivity contribution is 5.90. The molecule has 6 rings (SSSR count). The summed E-state index contributed by atoms with van der Waals surface area (Å²) in [7, 11) is 0. The monoisotopic (exact) mass is 438 g/mol. The van der Waals surface area contributed by atoms with Crippen molar-refractivity contribution < 1.29 is 8.91 Å². The molecule has 3 fully saturated rings. The first-order valence-corrected chi connectivity index (χ1v) is 11.4. The predicted octanol–water partition coefficient (Wildman–Crippen LogP) is 2.97. The second-order valence-corrected chi connectivity index (χ2v) is 9.86. The summed E-state index contributed by atoms with van der Waals surface area (Å²) < 4.78 is 22.6. The van der Waals surface area contributed by atoms with E-state index in [0.29, 0.717) is 28.3 Å². The molecule has 0 radical (unpaired) electrons. The number of anilines is 1. The van der Waals surface area contributed by atoms with Gasteiger partial charge in [-0.15, -0.1) is 0 Å². The van der Waals surface area contributed by atoms with Gasteiger partial charge < -0.3 is 19.7 Å². The lowest BCUT2D eigenvalue weighted by atomic mass is 9.97. The lowest BCUT2D eigenvalue weighted by Crippen LogP contribution is -2.35. The summed E-state index contributed by atoms with van der Waals surface area (Å²) in [5, 5.41) is 2.98. The van der Waals surface area contributed by atoms with Gasteiger partial charge in [-0.1, -0.05) is 0 Å². The number of nitrogens with two attached hydrogens (primary N) is 1. The highest BCUT2D eigenvalue weighted by Crippen LogP contribution is 2.46. The number of H-pyrrole nitrogens is 1. The Balaban J connectivity index is 1.50. The maximum Gasteiger partial charge on any atom is 0.280 e. The predicted molar refractivity (Wildman–Crippen MR) is 120 cm³/mol. The van der Waals surface area contributed by atoms with E-state index in [0.717, 1.165) is 56.3 Å². The van der Waals surface area contributed by atoms with Crippen molar-refractivity contribution in [3.8, 4) is 0 Å². The van der Waals surface area contributed by atoms with Crippen LogP contribution >= 0.6 is 0 Å². The van der Waals surface area contributed by atoms with Crippen LogP contribution in [-0.2, 0) is 6.42 Å². The minimum atomic E-state index is -0.336. The van der Waals surface area contributed by atoms with E-state index < -0.39 is 0 Å². The Bertz CT molecular complexity index is 1350. The summed E-state index contributed by atoms with van der Waals surface area (Å²) in [6.45, 7) is 3.44. The Morgan fingerprint density at radius 3 is 2.66 bits per heavy atom. The SMILES string of the molecule is Cc1c(N2CCC(C3(N)CC3)C2)c(F)cc2c(Cc3cc(=O)[nH]o3)cc(=O)n(C3CC3)c12. The van der Waals surface area contributed by atoms with E-state index in [9.17, 15) is 9.59 Å². The molecular weight excluding hydrogens is 411 g/mol. The summed E-state index contributed by atoms with van der Waals surface area (Å²) in [5.41, 5.74) is 8.77. The van der Waals surface area contributed by atoms with Crippen LogP contribution in [-0.4, -0.2) is 28.4 Å². The summed E-state index contributed by atoms with van der Waals surface area (Å²) >= 11 is 0. The number of rotatable bonds is 5. The third kappa shape index (κ3) is 3.11. The fraction of sp³-hybridized carbons (Fsp3) is 0.500. The van der Waals surface area contributed by atoms with Crippen LogP contribution < -0.4 is 21.8 Å². The molecule has 0 bridgehead atoms. The maximum atomic E-state index is 15.6. The van der Waals surface area contributed by atoms with Crippen molar-refractivity contribution in [2.75, 3.05) is 18.0 Å². The van der Waals surface area contributed by atoms with Gasteiger partial charge >= 0.3 is 0 Å². The van der Waals surface area contributed by atoms with Gasteiger partial charge in [0.15, 0.2) is 0 Å². The van der Waals surface area contributed by atoms with E-state index in [2.05, 4.69) is 10.1 Å². The second-order valence-electron chi connectivity index (χ2n) is 9.86. The minimum Gasteiger partial charge on any atom is -0.383 e. The number of halogens is 1. The van der Waals surface area contributed by atoms with Crippen molar-refractivity contribution in [3.05, 3.63) is 61.6 Å². The van der Waals surface area contributed by atoms with Crippen LogP contribution in [0.3, 0.4) is 0 Å². The molecule has 3 heterocycles. The molecule has 3 N–H and O–H groups in total. The Hall–Kier alpha value is -2.87. The molecule has 1 unspecified atom stereocenters. The minimum absolute atomic E-state index is 0.0836. The molecule has 7 nitrogen and oxygen atoms in total. The first-order valence-electron chi connectivity index (χ1n) is 11.4. The standard InChI is InChI=1S/C24H27FN4O3/c1-13-22-18(11-19(25)23(13)28-7-4-15(12-28)24(26)5-6-24)14(8-17-10-20(30)27-32-17)9-21(31)29(22)16-2-3-16/h9-11,15-16H,2-8,12,26H2,1H3,(H,27,30). The van der Waals surface area contributed by atoms with Gasteiger partial charge in [0.25, 0.3) is 11.1 Å². The number of nitrogens with zero attached hydrogens (tertiary/aromatic N) is 2. The average molecular weight is 439 g/mol. The van der Waals surface area contributed by atoms with Crippen LogP contribution in [0.1, 0.15) is 55.0 Å². The largest absolute Gasteiger partial charge is 0.383 e. The molecule has 1 aliphatic heterocycles. The van der Waals surface area contributed by atoms with Gasteiger partial charge in [0.2, 0.25) is 0 Å². The molecule has 3 aromatic rings. The second kappa shape index (κ2) is 6.81. The molecule has 2 aliphatic carbocycles. The quantitative estimate of drug-likeness (QED) is 0.638. The van der Waals surface area contributed by atoms with E-state index in [1.165, 1.54) is 6.07 Å². The molecule has 168 valence electrons. The zero-order valence-corrected chi connectivity index (χ0v) is 18.1. The molecule has 2 aromatic heterocycles. The van der Waals surface area contributed by atoms with Gasteiger partial charge in [-0.3, -0.25) is 9.59 Å². The zero-order valence-electron chi connectivity index (χ0n) is 18.1. The van der Waals surface area contributed by atoms with Gasteiger partial charge in [0.05, 0.1) is 11.2 Å². The molecule has 1 atom stereocenters. The van der Waals surface area contributed by atoms with E-state index in [4.69, 9.17) is 10.3 Å². The molecule has 32 heavy (non-hydrogen) atoms. The number of aromatic nitrogens is 2. The van der Waals surface area contributed by atoms with Crippen molar-refractivity contribution in [1.82, 2.24) is 9.72 Å². The van der Waals surface area contributed by atoms with Crippen LogP contribution in [0.25, 0.3) is 10.9 Å². The highest BCUT2D eigenvalue weighted by Gasteiger charge is 2.48. The Morgan fingerprint density at radius 1 is 1.22 bits per heavy atom. The normalized spacial score (nSPS) is 22.1. The van der Waals surface area contributed by atoms with Crippen molar-refractivity contribution in [2.45, 2.75) is 57.0 Å².